The number of para-hydroxylation sites is 1. The minimum atomic E-state index is -0.268. The number of ether oxygens (including phenoxy) is 1. The van der Waals surface area contributed by atoms with Crippen LogP contribution in [-0.2, 0) is 4.74 Å². The Morgan fingerprint density at radius 1 is 1.03 bits per heavy atom. The van der Waals surface area contributed by atoms with Gasteiger partial charge >= 0.3 is 0 Å². The third-order valence-electron chi connectivity index (χ3n) is 5.09. The molecule has 0 radical (unpaired) electrons. The van der Waals surface area contributed by atoms with Gasteiger partial charge in [-0.05, 0) is 43.2 Å². The molecule has 0 bridgehead atoms. The zero-order valence-electron chi connectivity index (χ0n) is 16.7. The van der Waals surface area contributed by atoms with Crippen molar-refractivity contribution in [2.75, 3.05) is 31.6 Å². The maximum atomic E-state index is 13.0. The van der Waals surface area contributed by atoms with Crippen LogP contribution in [0.15, 0.2) is 55.1 Å². The van der Waals surface area contributed by atoms with Crippen LogP contribution in [0.1, 0.15) is 32.7 Å². The first-order chi connectivity index (χ1) is 14.6. The third-order valence-corrected chi connectivity index (χ3v) is 5.09. The minimum Gasteiger partial charge on any atom is -0.380 e. The smallest absolute Gasteiger partial charge is 0.257 e. The van der Waals surface area contributed by atoms with Gasteiger partial charge in [0, 0.05) is 30.9 Å². The summed E-state index contributed by atoms with van der Waals surface area (Å²) in [5, 5.41) is 10.6. The number of nitrogens with one attached hydrogen (secondary N) is 1. The van der Waals surface area contributed by atoms with E-state index in [0.29, 0.717) is 48.8 Å². The quantitative estimate of drug-likeness (QED) is 0.721. The highest BCUT2D eigenvalue weighted by Crippen LogP contribution is 2.21. The molecule has 2 heterocycles. The van der Waals surface area contributed by atoms with E-state index >= 15 is 0 Å². The zero-order chi connectivity index (χ0) is 20.9. The van der Waals surface area contributed by atoms with Crippen molar-refractivity contribution in [2.45, 2.75) is 13.3 Å². The molecule has 0 saturated carbocycles. The molecule has 0 spiro atoms. The van der Waals surface area contributed by atoms with Crippen molar-refractivity contribution >= 4 is 17.5 Å². The van der Waals surface area contributed by atoms with E-state index in [-0.39, 0.29) is 11.8 Å². The predicted molar refractivity (Wildman–Crippen MR) is 112 cm³/mol. The van der Waals surface area contributed by atoms with Gasteiger partial charge < -0.3 is 15.0 Å². The minimum absolute atomic E-state index is 0.0547. The summed E-state index contributed by atoms with van der Waals surface area (Å²) in [6.45, 7) is 4.35. The number of hydrogen-bond acceptors (Lipinski definition) is 5. The molecule has 8 nitrogen and oxygen atoms in total. The topological polar surface area (TPSA) is 89.4 Å². The second-order valence-electron chi connectivity index (χ2n) is 7.13. The average Bonchev–Trinajstić information content (AvgIpc) is 3.17. The van der Waals surface area contributed by atoms with Gasteiger partial charge in [-0.25, -0.2) is 0 Å². The van der Waals surface area contributed by atoms with E-state index in [4.69, 9.17) is 4.74 Å². The van der Waals surface area contributed by atoms with Crippen molar-refractivity contribution in [1.29, 1.82) is 0 Å². The highest BCUT2D eigenvalue weighted by molar-refractivity contribution is 6.07. The summed E-state index contributed by atoms with van der Waals surface area (Å²) in [6, 6.07) is 12.6. The molecule has 1 aliphatic heterocycles. The molecular formula is C22H23N5O3. The van der Waals surface area contributed by atoms with E-state index < -0.39 is 0 Å². The number of carbonyl (C=O) groups excluding carboxylic acids is 2. The van der Waals surface area contributed by atoms with E-state index in [1.54, 1.807) is 46.4 Å². The zero-order valence-corrected chi connectivity index (χ0v) is 16.7. The first-order valence-corrected chi connectivity index (χ1v) is 9.86. The standard InChI is InChI=1S/C22H23N5O3/c1-16-7-8-17(22(29)26-9-4-11-30-12-10-26)13-19(16)25-21(28)18-5-2-3-6-20(18)27-14-23-24-15-27/h2-3,5-8,13-15H,4,9-12H2,1H3,(H,25,28). The fourth-order valence-corrected chi connectivity index (χ4v) is 3.43. The number of carbonyl (C=O) groups is 2. The van der Waals surface area contributed by atoms with E-state index in [2.05, 4.69) is 15.5 Å². The van der Waals surface area contributed by atoms with E-state index in [9.17, 15) is 9.59 Å². The predicted octanol–water partition coefficient (Wildman–Crippen LogP) is 2.69. The fourth-order valence-electron chi connectivity index (χ4n) is 3.43. The third kappa shape index (κ3) is 4.23. The summed E-state index contributed by atoms with van der Waals surface area (Å²) >= 11 is 0. The molecule has 1 fully saturated rings. The molecule has 8 heteroatoms. The first-order valence-electron chi connectivity index (χ1n) is 9.86. The van der Waals surface area contributed by atoms with Gasteiger partial charge in [0.15, 0.2) is 0 Å². The number of aryl methyl sites for hydroxylation is 1. The number of amides is 2. The summed E-state index contributed by atoms with van der Waals surface area (Å²) < 4.78 is 7.12. The second-order valence-corrected chi connectivity index (χ2v) is 7.13. The Hall–Kier alpha value is -3.52. The Labute approximate surface area is 174 Å². The average molecular weight is 405 g/mol. The van der Waals surface area contributed by atoms with Gasteiger partial charge in [-0.2, -0.15) is 0 Å². The van der Waals surface area contributed by atoms with Gasteiger partial charge in [0.25, 0.3) is 11.8 Å². The van der Waals surface area contributed by atoms with Crippen LogP contribution in [0.5, 0.6) is 0 Å². The van der Waals surface area contributed by atoms with Crippen molar-refractivity contribution in [1.82, 2.24) is 19.7 Å². The summed E-state index contributed by atoms with van der Waals surface area (Å²) in [5.74, 6) is -0.323. The maximum absolute atomic E-state index is 13.0. The fraction of sp³-hybridized carbons (Fsp3) is 0.273. The SMILES string of the molecule is Cc1ccc(C(=O)N2CCCOCC2)cc1NC(=O)c1ccccc1-n1cnnc1. The molecule has 30 heavy (non-hydrogen) atoms. The van der Waals surface area contributed by atoms with Gasteiger partial charge in [-0.15, -0.1) is 10.2 Å². The van der Waals surface area contributed by atoms with Crippen LogP contribution in [0.2, 0.25) is 0 Å². The largest absolute Gasteiger partial charge is 0.380 e. The number of anilines is 1. The lowest BCUT2D eigenvalue weighted by Crippen LogP contribution is -2.33. The number of rotatable bonds is 4. The molecule has 1 saturated heterocycles. The van der Waals surface area contributed by atoms with Crippen LogP contribution in [0, 0.1) is 6.92 Å². The molecule has 1 N–H and O–H groups in total. The van der Waals surface area contributed by atoms with Gasteiger partial charge in [0.05, 0.1) is 17.9 Å². The van der Waals surface area contributed by atoms with E-state index in [1.165, 1.54) is 0 Å². The summed E-state index contributed by atoms with van der Waals surface area (Å²) in [7, 11) is 0. The Bertz CT molecular complexity index is 1040. The Balaban J connectivity index is 1.57. The Morgan fingerprint density at radius 2 is 1.83 bits per heavy atom. The molecule has 1 aliphatic rings. The van der Waals surface area contributed by atoms with Gasteiger partial charge in [-0.1, -0.05) is 18.2 Å². The highest BCUT2D eigenvalue weighted by atomic mass is 16.5. The normalized spacial score (nSPS) is 14.2. The maximum Gasteiger partial charge on any atom is 0.257 e. The van der Waals surface area contributed by atoms with Crippen LogP contribution >= 0.6 is 0 Å². The summed E-state index contributed by atoms with van der Waals surface area (Å²) in [6.07, 6.45) is 3.91. The van der Waals surface area contributed by atoms with Crippen LogP contribution in [0.25, 0.3) is 5.69 Å². The van der Waals surface area contributed by atoms with Crippen molar-refractivity contribution in [2.24, 2.45) is 0 Å². The molecule has 154 valence electrons. The van der Waals surface area contributed by atoms with Gasteiger partial charge in [0.2, 0.25) is 0 Å². The van der Waals surface area contributed by atoms with Gasteiger partial charge in [-0.3, -0.25) is 14.2 Å². The molecule has 0 atom stereocenters. The van der Waals surface area contributed by atoms with Crippen molar-refractivity contribution in [3.8, 4) is 5.69 Å². The van der Waals surface area contributed by atoms with E-state index in [1.807, 2.05) is 25.1 Å². The lowest BCUT2D eigenvalue weighted by molar-refractivity contribution is 0.0741. The van der Waals surface area contributed by atoms with Crippen LogP contribution in [0.4, 0.5) is 5.69 Å². The van der Waals surface area contributed by atoms with Crippen molar-refractivity contribution < 1.29 is 14.3 Å². The number of nitrogens with zero attached hydrogens (tertiary/aromatic N) is 4. The van der Waals surface area contributed by atoms with Gasteiger partial charge in [0.1, 0.15) is 12.7 Å². The Kier molecular flexibility index (Phi) is 5.85. The molecule has 2 amide bonds. The summed E-state index contributed by atoms with van der Waals surface area (Å²) in [4.78, 5) is 27.8. The lowest BCUT2D eigenvalue weighted by atomic mass is 10.1. The second kappa shape index (κ2) is 8.87. The van der Waals surface area contributed by atoms with E-state index in [0.717, 1.165) is 12.0 Å². The first kappa shape index (κ1) is 19.8. The number of aromatic nitrogens is 3. The van der Waals surface area contributed by atoms with Crippen molar-refractivity contribution in [3.63, 3.8) is 0 Å². The number of benzene rings is 2. The molecule has 0 aliphatic carbocycles. The molecule has 3 aromatic rings. The summed E-state index contributed by atoms with van der Waals surface area (Å²) in [5.41, 5.74) is 3.19. The highest BCUT2D eigenvalue weighted by Gasteiger charge is 2.19. The molecule has 2 aromatic carbocycles. The monoisotopic (exact) mass is 405 g/mol. The lowest BCUT2D eigenvalue weighted by Gasteiger charge is -2.20. The number of hydrogen-bond donors (Lipinski definition) is 1. The van der Waals surface area contributed by atoms with Crippen LogP contribution in [-0.4, -0.2) is 57.8 Å². The molecule has 4 rings (SSSR count). The van der Waals surface area contributed by atoms with Crippen LogP contribution in [0.3, 0.4) is 0 Å². The molecular weight excluding hydrogens is 382 g/mol. The molecule has 0 unspecified atom stereocenters. The Morgan fingerprint density at radius 3 is 2.67 bits per heavy atom. The van der Waals surface area contributed by atoms with Crippen LogP contribution < -0.4 is 5.32 Å². The van der Waals surface area contributed by atoms with Crippen molar-refractivity contribution in [3.05, 3.63) is 71.8 Å². The molecule has 1 aromatic heterocycles.